The number of carbonyl (C=O) groups is 2. The van der Waals surface area contributed by atoms with Crippen LogP contribution in [0.25, 0.3) is 0 Å². The number of aliphatic carboxylic acids is 1. The Morgan fingerprint density at radius 1 is 1.43 bits per heavy atom. The van der Waals surface area contributed by atoms with Crippen LogP contribution in [-0.4, -0.2) is 42.2 Å². The average Bonchev–Trinajstić information content (AvgIpc) is 2.40. The lowest BCUT2D eigenvalue weighted by molar-refractivity contribution is -0.384. The first-order chi connectivity index (χ1) is 9.86. The van der Waals surface area contributed by atoms with Gasteiger partial charge in [0.2, 0.25) is 0 Å². The molecule has 0 fully saturated rings. The minimum Gasteiger partial charge on any atom is -0.481 e. The highest BCUT2D eigenvalue weighted by atomic mass is 16.6. The van der Waals surface area contributed by atoms with Gasteiger partial charge in [0, 0.05) is 25.8 Å². The van der Waals surface area contributed by atoms with E-state index < -0.39 is 16.8 Å². The van der Waals surface area contributed by atoms with Crippen LogP contribution in [0.1, 0.15) is 12.0 Å². The van der Waals surface area contributed by atoms with Gasteiger partial charge < -0.3 is 14.7 Å². The molecule has 1 aromatic carbocycles. The van der Waals surface area contributed by atoms with E-state index in [9.17, 15) is 19.7 Å². The van der Waals surface area contributed by atoms with E-state index in [-0.39, 0.29) is 25.3 Å². The summed E-state index contributed by atoms with van der Waals surface area (Å²) in [4.78, 5) is 34.2. The largest absolute Gasteiger partial charge is 0.481 e. The lowest BCUT2D eigenvalue weighted by Crippen LogP contribution is -2.36. The fourth-order valence-electron chi connectivity index (χ4n) is 1.79. The summed E-state index contributed by atoms with van der Waals surface area (Å²) in [5.41, 5.74) is 0.782. The standard InChI is InChI=1S/C13H16N2O6/c1-9-3-4-10(15(19)20)7-11(9)14(6-5-13(17)18)12(16)8-21-2/h3-4,7H,5-6,8H2,1-2H3,(H,17,18). The molecule has 0 aliphatic rings. The van der Waals surface area contributed by atoms with Crippen molar-refractivity contribution in [1.82, 2.24) is 0 Å². The molecule has 8 nitrogen and oxygen atoms in total. The number of hydrogen-bond acceptors (Lipinski definition) is 5. The van der Waals surface area contributed by atoms with Gasteiger partial charge in [-0.05, 0) is 12.5 Å². The fraction of sp³-hybridized carbons (Fsp3) is 0.385. The molecule has 21 heavy (non-hydrogen) atoms. The van der Waals surface area contributed by atoms with Crippen molar-refractivity contribution < 1.29 is 24.4 Å². The van der Waals surface area contributed by atoms with Crippen LogP contribution >= 0.6 is 0 Å². The smallest absolute Gasteiger partial charge is 0.305 e. The van der Waals surface area contributed by atoms with Crippen molar-refractivity contribution in [2.24, 2.45) is 0 Å². The van der Waals surface area contributed by atoms with E-state index in [1.165, 1.54) is 30.2 Å². The van der Waals surface area contributed by atoms with Gasteiger partial charge in [0.15, 0.2) is 0 Å². The molecule has 1 aromatic rings. The second kappa shape index (κ2) is 7.34. The van der Waals surface area contributed by atoms with E-state index >= 15 is 0 Å². The van der Waals surface area contributed by atoms with E-state index in [1.807, 2.05) is 0 Å². The SMILES string of the molecule is COCC(=O)N(CCC(=O)O)c1cc([N+](=O)[O-])ccc1C. The molecule has 0 saturated heterocycles. The molecule has 114 valence electrons. The highest BCUT2D eigenvalue weighted by molar-refractivity contribution is 5.95. The van der Waals surface area contributed by atoms with Gasteiger partial charge in [-0.25, -0.2) is 0 Å². The molecule has 1 amide bonds. The molecule has 0 radical (unpaired) electrons. The first-order valence-corrected chi connectivity index (χ1v) is 6.13. The van der Waals surface area contributed by atoms with Gasteiger partial charge >= 0.3 is 5.97 Å². The number of anilines is 1. The first kappa shape index (κ1) is 16.6. The number of methoxy groups -OCH3 is 1. The van der Waals surface area contributed by atoms with Crippen LogP contribution in [0.15, 0.2) is 18.2 Å². The second-order valence-electron chi connectivity index (χ2n) is 4.35. The molecule has 0 spiro atoms. The third-order valence-corrected chi connectivity index (χ3v) is 2.81. The fourth-order valence-corrected chi connectivity index (χ4v) is 1.79. The summed E-state index contributed by atoms with van der Waals surface area (Å²) < 4.78 is 4.76. The van der Waals surface area contributed by atoms with E-state index in [0.29, 0.717) is 11.3 Å². The Balaban J connectivity index is 3.17. The maximum Gasteiger partial charge on any atom is 0.305 e. The van der Waals surface area contributed by atoms with Gasteiger partial charge in [0.25, 0.3) is 11.6 Å². The minimum absolute atomic E-state index is 0.0838. The van der Waals surface area contributed by atoms with Crippen LogP contribution in [0.3, 0.4) is 0 Å². The number of nitro benzene ring substituents is 1. The third-order valence-electron chi connectivity index (χ3n) is 2.81. The highest BCUT2D eigenvalue weighted by Crippen LogP contribution is 2.26. The van der Waals surface area contributed by atoms with Gasteiger partial charge in [-0.2, -0.15) is 0 Å². The number of rotatable bonds is 7. The summed E-state index contributed by atoms with van der Waals surface area (Å²) in [7, 11) is 1.34. The van der Waals surface area contributed by atoms with E-state index in [2.05, 4.69) is 0 Å². The lowest BCUT2D eigenvalue weighted by Gasteiger charge is -2.23. The Morgan fingerprint density at radius 2 is 2.10 bits per heavy atom. The van der Waals surface area contributed by atoms with Crippen LogP contribution in [0.2, 0.25) is 0 Å². The van der Waals surface area contributed by atoms with Crippen LogP contribution in [0, 0.1) is 17.0 Å². The number of nitrogens with zero attached hydrogens (tertiary/aromatic N) is 2. The van der Waals surface area contributed by atoms with Crippen LogP contribution in [-0.2, 0) is 14.3 Å². The van der Waals surface area contributed by atoms with Gasteiger partial charge in [-0.1, -0.05) is 6.07 Å². The number of nitro groups is 1. The summed E-state index contributed by atoms with van der Waals surface area (Å²) in [6.07, 6.45) is -0.266. The number of carboxylic acids is 1. The molecular weight excluding hydrogens is 280 g/mol. The predicted octanol–water partition coefficient (Wildman–Crippen LogP) is 1.36. The molecule has 1 N–H and O–H groups in total. The number of carboxylic acid groups (broad SMARTS) is 1. The topological polar surface area (TPSA) is 110 Å². The second-order valence-corrected chi connectivity index (χ2v) is 4.35. The van der Waals surface area contributed by atoms with E-state index in [1.54, 1.807) is 6.92 Å². The Labute approximate surface area is 121 Å². The molecular formula is C13H16N2O6. The Hall–Kier alpha value is -2.48. The van der Waals surface area contributed by atoms with Crippen LogP contribution in [0.4, 0.5) is 11.4 Å². The molecule has 0 atom stereocenters. The van der Waals surface area contributed by atoms with Crippen molar-refractivity contribution in [2.45, 2.75) is 13.3 Å². The summed E-state index contributed by atoms with van der Waals surface area (Å²) in [5.74, 6) is -1.52. The van der Waals surface area contributed by atoms with Crippen molar-refractivity contribution in [1.29, 1.82) is 0 Å². The number of aryl methyl sites for hydroxylation is 1. The molecule has 0 unspecified atom stereocenters. The van der Waals surface area contributed by atoms with Crippen molar-refractivity contribution >= 4 is 23.3 Å². The first-order valence-electron chi connectivity index (χ1n) is 6.13. The monoisotopic (exact) mass is 296 g/mol. The van der Waals surface area contributed by atoms with Gasteiger partial charge in [-0.3, -0.25) is 19.7 Å². The lowest BCUT2D eigenvalue weighted by atomic mass is 10.1. The maximum absolute atomic E-state index is 12.0. The van der Waals surface area contributed by atoms with Crippen molar-refractivity contribution in [3.05, 3.63) is 33.9 Å². The summed E-state index contributed by atoms with van der Waals surface area (Å²) in [5, 5.41) is 19.6. The summed E-state index contributed by atoms with van der Waals surface area (Å²) >= 11 is 0. The molecule has 0 aliphatic heterocycles. The average molecular weight is 296 g/mol. The molecule has 0 aromatic heterocycles. The predicted molar refractivity (Wildman–Crippen MR) is 74.3 cm³/mol. The van der Waals surface area contributed by atoms with Gasteiger partial charge in [0.05, 0.1) is 17.0 Å². The Bertz CT molecular complexity index is 558. The van der Waals surface area contributed by atoms with Gasteiger partial charge in [0.1, 0.15) is 6.61 Å². The minimum atomic E-state index is -1.06. The molecule has 0 aliphatic carbocycles. The number of non-ortho nitro benzene ring substituents is 1. The highest BCUT2D eigenvalue weighted by Gasteiger charge is 2.21. The number of carbonyl (C=O) groups excluding carboxylic acids is 1. The third kappa shape index (κ3) is 4.53. The van der Waals surface area contributed by atoms with Crippen LogP contribution < -0.4 is 4.90 Å². The molecule has 0 saturated carbocycles. The van der Waals surface area contributed by atoms with Crippen molar-refractivity contribution in [3.63, 3.8) is 0 Å². The molecule has 0 heterocycles. The zero-order chi connectivity index (χ0) is 16.0. The molecule has 0 bridgehead atoms. The number of ether oxygens (including phenoxy) is 1. The quantitative estimate of drug-likeness (QED) is 0.601. The zero-order valence-electron chi connectivity index (χ0n) is 11.7. The van der Waals surface area contributed by atoms with Crippen LogP contribution in [0.5, 0.6) is 0 Å². The number of benzene rings is 1. The normalized spacial score (nSPS) is 10.2. The number of hydrogen-bond donors (Lipinski definition) is 1. The van der Waals surface area contributed by atoms with Gasteiger partial charge in [-0.15, -0.1) is 0 Å². The molecule has 8 heteroatoms. The van der Waals surface area contributed by atoms with Crippen molar-refractivity contribution in [3.8, 4) is 0 Å². The van der Waals surface area contributed by atoms with Crippen molar-refractivity contribution in [2.75, 3.05) is 25.2 Å². The van der Waals surface area contributed by atoms with E-state index in [4.69, 9.17) is 9.84 Å². The summed E-state index contributed by atoms with van der Waals surface area (Å²) in [6, 6.07) is 4.10. The Kier molecular flexibility index (Phi) is 5.79. The Morgan fingerprint density at radius 3 is 2.62 bits per heavy atom. The number of amides is 1. The summed E-state index contributed by atoms with van der Waals surface area (Å²) in [6.45, 7) is 1.37. The maximum atomic E-state index is 12.0. The molecule has 1 rings (SSSR count). The zero-order valence-corrected chi connectivity index (χ0v) is 11.7. The van der Waals surface area contributed by atoms with E-state index in [0.717, 1.165) is 0 Å².